The Hall–Kier alpha value is -3.25. The van der Waals surface area contributed by atoms with E-state index in [9.17, 15) is 41.0 Å². The number of halogens is 6. The van der Waals surface area contributed by atoms with Gasteiger partial charge in [0.05, 0.1) is 48.1 Å². The zero-order valence-corrected chi connectivity index (χ0v) is 23.2. The van der Waals surface area contributed by atoms with Crippen LogP contribution in [0.5, 0.6) is 5.75 Å². The number of piperazine rings is 1. The second kappa shape index (κ2) is 12.2. The fourth-order valence-corrected chi connectivity index (χ4v) is 5.16. The van der Waals surface area contributed by atoms with Crippen LogP contribution in [0.2, 0.25) is 0 Å². The van der Waals surface area contributed by atoms with Crippen LogP contribution in [-0.4, -0.2) is 87.4 Å². The largest absolute Gasteiger partial charge is 0.490 e. The third kappa shape index (κ3) is 7.38. The summed E-state index contributed by atoms with van der Waals surface area (Å²) >= 11 is 0.839. The molecule has 0 aliphatic carbocycles. The Morgan fingerprint density at radius 2 is 1.98 bits per heavy atom. The van der Waals surface area contributed by atoms with Gasteiger partial charge in [-0.05, 0) is 31.9 Å². The van der Waals surface area contributed by atoms with E-state index in [0.29, 0.717) is 6.42 Å². The molecule has 18 heteroatoms. The molecule has 2 atom stereocenters. The lowest BCUT2D eigenvalue weighted by atomic mass is 10.1. The summed E-state index contributed by atoms with van der Waals surface area (Å²) in [6, 6.07) is 0.605. The summed E-state index contributed by atoms with van der Waals surface area (Å²) in [5.74, 6) is -0.332. The van der Waals surface area contributed by atoms with Crippen molar-refractivity contribution in [1.29, 1.82) is 0 Å². The number of ether oxygens (including phenoxy) is 2. The van der Waals surface area contributed by atoms with Crippen molar-refractivity contribution in [2.75, 3.05) is 49.1 Å². The number of aromatic amines is 1. The van der Waals surface area contributed by atoms with E-state index in [2.05, 4.69) is 14.8 Å². The summed E-state index contributed by atoms with van der Waals surface area (Å²) in [6.07, 6.45) is -9.01. The zero-order chi connectivity index (χ0) is 30.9. The van der Waals surface area contributed by atoms with Gasteiger partial charge >= 0.3 is 12.4 Å². The topological polar surface area (TPSA) is 133 Å². The van der Waals surface area contributed by atoms with Crippen LogP contribution in [0.15, 0.2) is 23.3 Å². The van der Waals surface area contributed by atoms with Crippen LogP contribution in [-0.2, 0) is 21.9 Å². The Morgan fingerprint density at radius 3 is 2.67 bits per heavy atom. The van der Waals surface area contributed by atoms with E-state index < -0.39 is 51.5 Å². The molecule has 0 aromatic carbocycles. The van der Waals surface area contributed by atoms with E-state index in [0.717, 1.165) is 30.4 Å². The van der Waals surface area contributed by atoms with Crippen LogP contribution in [0.4, 0.5) is 37.8 Å². The Morgan fingerprint density at radius 1 is 1.24 bits per heavy atom. The van der Waals surface area contributed by atoms with Crippen molar-refractivity contribution < 1.29 is 45.7 Å². The number of hydrogen-bond acceptors (Lipinski definition) is 10. The molecule has 1 amide bonds. The molecule has 0 radical (unpaired) electrons. The van der Waals surface area contributed by atoms with Crippen LogP contribution < -0.4 is 19.9 Å². The van der Waals surface area contributed by atoms with E-state index in [-0.39, 0.29) is 57.1 Å². The monoisotopic (exact) mass is 626 g/mol. The molecule has 2 aromatic heterocycles. The van der Waals surface area contributed by atoms with Gasteiger partial charge in [0, 0.05) is 32.3 Å². The van der Waals surface area contributed by atoms with Crippen molar-refractivity contribution in [3.8, 4) is 5.75 Å². The zero-order valence-electron chi connectivity index (χ0n) is 22.4. The van der Waals surface area contributed by atoms with Crippen LogP contribution in [0.1, 0.15) is 31.4 Å². The van der Waals surface area contributed by atoms with Gasteiger partial charge in [-0.2, -0.15) is 31.4 Å². The van der Waals surface area contributed by atoms with Gasteiger partial charge in [-0.15, -0.1) is 0 Å². The number of aliphatic hydroxyl groups excluding tert-OH is 1. The minimum Gasteiger partial charge on any atom is -0.490 e. The highest BCUT2D eigenvalue weighted by atomic mass is 32.2. The first-order valence-electron chi connectivity index (χ1n) is 12.7. The Balaban J connectivity index is 1.29. The molecular formula is C24H28F6N6O5S. The average Bonchev–Trinajstić information content (AvgIpc) is 3.08. The van der Waals surface area contributed by atoms with Gasteiger partial charge in [-0.3, -0.25) is 9.59 Å². The summed E-state index contributed by atoms with van der Waals surface area (Å²) in [6.45, 7) is 3.54. The molecule has 4 heterocycles. The summed E-state index contributed by atoms with van der Waals surface area (Å²) in [7, 11) is 0. The number of hydrogen-bond donors (Lipinski definition) is 3. The van der Waals surface area contributed by atoms with E-state index in [1.54, 1.807) is 23.8 Å². The second-order valence-electron chi connectivity index (χ2n) is 10.3. The molecule has 42 heavy (non-hydrogen) atoms. The molecule has 1 fully saturated rings. The number of fused-ring (bicyclic) bond motifs is 3. The van der Waals surface area contributed by atoms with Gasteiger partial charge in [-0.25, -0.2) is 10.1 Å². The smallest absolute Gasteiger partial charge is 0.423 e. The van der Waals surface area contributed by atoms with E-state index in [1.807, 2.05) is 0 Å². The number of anilines is 2. The predicted molar refractivity (Wildman–Crippen MR) is 139 cm³/mol. The third-order valence-electron chi connectivity index (χ3n) is 6.52. The number of aromatic nitrogens is 3. The molecule has 1 saturated heterocycles. The number of pyridine rings is 1. The first-order valence-corrected chi connectivity index (χ1v) is 13.5. The molecule has 2 aliphatic rings. The number of carbonyl (C=O) groups is 1. The van der Waals surface area contributed by atoms with Crippen LogP contribution in [0, 0.1) is 0 Å². The highest BCUT2D eigenvalue weighted by Gasteiger charge is 2.39. The first kappa shape index (κ1) is 31.7. The van der Waals surface area contributed by atoms with E-state index in [4.69, 9.17) is 9.47 Å². The second-order valence-corrected chi connectivity index (χ2v) is 11.8. The molecule has 3 N–H and O–H groups in total. The minimum atomic E-state index is -4.91. The standard InChI is InChI=1S/C24H28F6N6O5S/c1-22(2,42-34-15-9-32-33-20(38)18(15)24(28,29)30)12-40-11-16(37)21(39)35-4-5-36-14(10-35)3-6-41-17-7-13(23(25,26)27)8-31-19(17)36/h7-9,14,16,37H,3-6,10-12H2,1-2H3,(H2,33,34,38)/t14-,16?/m0/s1. The van der Waals surface area contributed by atoms with Gasteiger partial charge in [0.2, 0.25) is 0 Å². The molecule has 232 valence electrons. The fraction of sp³-hybridized carbons (Fsp3) is 0.583. The van der Waals surface area contributed by atoms with E-state index in [1.165, 1.54) is 4.90 Å². The van der Waals surface area contributed by atoms with Crippen molar-refractivity contribution >= 4 is 29.4 Å². The maximum atomic E-state index is 13.2. The third-order valence-corrected chi connectivity index (χ3v) is 7.52. The van der Waals surface area contributed by atoms with Gasteiger partial charge in [0.1, 0.15) is 5.56 Å². The molecule has 11 nitrogen and oxygen atoms in total. The molecule has 1 unspecified atom stereocenters. The molecule has 2 aromatic rings. The van der Waals surface area contributed by atoms with Crippen LogP contribution in [0.3, 0.4) is 0 Å². The number of H-pyrrole nitrogens is 1. The predicted octanol–water partition coefficient (Wildman–Crippen LogP) is 2.92. The minimum absolute atomic E-state index is 0.0143. The molecule has 0 spiro atoms. The maximum Gasteiger partial charge on any atom is 0.423 e. The van der Waals surface area contributed by atoms with Crippen molar-refractivity contribution in [2.45, 2.75) is 49.5 Å². The normalized spacial score (nSPS) is 18.5. The Labute approximate surface area is 239 Å². The summed E-state index contributed by atoms with van der Waals surface area (Å²) < 4.78 is 91.7. The molecule has 4 rings (SSSR count). The number of aliphatic hydroxyl groups is 1. The molecule has 0 bridgehead atoms. The molecular weight excluding hydrogens is 598 g/mol. The van der Waals surface area contributed by atoms with E-state index >= 15 is 0 Å². The highest BCUT2D eigenvalue weighted by Crippen LogP contribution is 2.38. The highest BCUT2D eigenvalue weighted by molar-refractivity contribution is 8.01. The van der Waals surface area contributed by atoms with Crippen LogP contribution in [0.25, 0.3) is 0 Å². The average molecular weight is 627 g/mol. The number of nitrogens with one attached hydrogen (secondary N) is 2. The SMILES string of the molecule is CC(C)(COCC(O)C(=O)N1CCN2c3ncc(C(F)(F)F)cc3OCC[C@H]2C1)SNc1cn[nH]c(=O)c1C(F)(F)F. The van der Waals surface area contributed by atoms with Gasteiger partial charge in [0.15, 0.2) is 17.7 Å². The number of nitrogens with zero attached hydrogens (tertiary/aromatic N) is 4. The van der Waals surface area contributed by atoms with Gasteiger partial charge < -0.3 is 29.1 Å². The Kier molecular flexibility index (Phi) is 9.17. The number of alkyl halides is 6. The number of rotatable bonds is 8. The number of amides is 1. The molecule has 0 saturated carbocycles. The van der Waals surface area contributed by atoms with Crippen molar-refractivity contribution in [3.63, 3.8) is 0 Å². The van der Waals surface area contributed by atoms with Crippen molar-refractivity contribution in [1.82, 2.24) is 20.1 Å². The van der Waals surface area contributed by atoms with Gasteiger partial charge in [0.25, 0.3) is 11.5 Å². The summed E-state index contributed by atoms with van der Waals surface area (Å²) in [4.78, 5) is 31.8. The van der Waals surface area contributed by atoms with Crippen molar-refractivity contribution in [3.05, 3.63) is 39.9 Å². The lowest BCUT2D eigenvalue weighted by Gasteiger charge is -2.41. The number of carbonyl (C=O) groups excluding carboxylic acids is 1. The van der Waals surface area contributed by atoms with Crippen LogP contribution >= 0.6 is 11.9 Å². The lowest BCUT2D eigenvalue weighted by molar-refractivity contribution is -0.144. The van der Waals surface area contributed by atoms with Crippen molar-refractivity contribution in [2.24, 2.45) is 0 Å². The Bertz CT molecular complexity index is 1340. The summed E-state index contributed by atoms with van der Waals surface area (Å²) in [5, 5.41) is 15.6. The quantitative estimate of drug-likeness (QED) is 0.297. The molecule has 2 aliphatic heterocycles. The summed E-state index contributed by atoms with van der Waals surface area (Å²) in [5.41, 5.74) is -4.26. The van der Waals surface area contributed by atoms with Gasteiger partial charge in [-0.1, -0.05) is 0 Å². The first-order chi connectivity index (χ1) is 19.6. The lowest BCUT2D eigenvalue weighted by Crippen LogP contribution is -2.57. The maximum absolute atomic E-state index is 13.2. The fourth-order valence-electron chi connectivity index (χ4n) is 4.48.